The maximum Gasteiger partial charge on any atom is 0.310 e. The van der Waals surface area contributed by atoms with Crippen LogP contribution < -0.4 is 0 Å². The van der Waals surface area contributed by atoms with E-state index in [1.165, 1.54) is 7.11 Å². The largest absolute Gasteiger partial charge is 0.469 e. The molecule has 0 aromatic rings. The van der Waals surface area contributed by atoms with Gasteiger partial charge in [0, 0.05) is 0 Å². The molecule has 3 heteroatoms. The number of esters is 1. The number of fused-ring (bicyclic) bond motifs is 2. The quantitative estimate of drug-likeness (QED) is 0.571. The molecule has 2 saturated carbocycles. The zero-order valence-corrected chi connectivity index (χ0v) is 7.69. The van der Waals surface area contributed by atoms with E-state index in [-0.39, 0.29) is 17.8 Å². The summed E-state index contributed by atoms with van der Waals surface area (Å²) in [6.07, 6.45) is 3.27. The number of hydrogen-bond donors (Lipinski definition) is 0. The van der Waals surface area contributed by atoms with Gasteiger partial charge < -0.3 is 4.74 Å². The Labute approximate surface area is 77.7 Å². The average molecular weight is 179 g/mol. The second kappa shape index (κ2) is 3.02. The van der Waals surface area contributed by atoms with Gasteiger partial charge in [-0.1, -0.05) is 0 Å². The van der Waals surface area contributed by atoms with Gasteiger partial charge in [-0.2, -0.15) is 5.26 Å². The lowest BCUT2D eigenvalue weighted by molar-refractivity contribution is -0.148. The molecule has 0 heterocycles. The highest BCUT2D eigenvalue weighted by molar-refractivity contribution is 5.74. The molecule has 0 aromatic carbocycles. The lowest BCUT2D eigenvalue weighted by Crippen LogP contribution is -2.29. The molecule has 0 saturated heterocycles. The zero-order chi connectivity index (χ0) is 9.42. The Morgan fingerprint density at radius 1 is 1.46 bits per heavy atom. The Hall–Kier alpha value is -1.04. The molecule has 2 fully saturated rings. The fraction of sp³-hybridized carbons (Fsp3) is 0.800. The van der Waals surface area contributed by atoms with Crippen LogP contribution in [0.1, 0.15) is 19.3 Å². The number of nitrogens with zero attached hydrogens (tertiary/aromatic N) is 1. The first-order valence-corrected chi connectivity index (χ1v) is 4.75. The fourth-order valence-electron chi connectivity index (χ4n) is 2.95. The van der Waals surface area contributed by atoms with E-state index in [0.29, 0.717) is 11.8 Å². The van der Waals surface area contributed by atoms with Crippen LogP contribution in [0.15, 0.2) is 0 Å². The van der Waals surface area contributed by atoms with Gasteiger partial charge in [0.25, 0.3) is 0 Å². The number of methoxy groups -OCH3 is 1. The molecule has 3 nitrogen and oxygen atoms in total. The van der Waals surface area contributed by atoms with Crippen LogP contribution in [-0.4, -0.2) is 13.1 Å². The molecule has 2 aliphatic rings. The van der Waals surface area contributed by atoms with Crippen LogP contribution in [0.25, 0.3) is 0 Å². The molecule has 2 bridgehead atoms. The van der Waals surface area contributed by atoms with Gasteiger partial charge in [-0.05, 0) is 31.1 Å². The van der Waals surface area contributed by atoms with Crippen molar-refractivity contribution in [3.8, 4) is 6.07 Å². The molecule has 0 aliphatic heterocycles. The molecule has 2 aliphatic carbocycles. The average Bonchev–Trinajstić information content (AvgIpc) is 2.74. The van der Waals surface area contributed by atoms with Crippen LogP contribution in [0.4, 0.5) is 0 Å². The van der Waals surface area contributed by atoms with E-state index in [1.54, 1.807) is 0 Å². The van der Waals surface area contributed by atoms with Gasteiger partial charge in [0.1, 0.15) is 0 Å². The number of hydrogen-bond acceptors (Lipinski definition) is 3. The summed E-state index contributed by atoms with van der Waals surface area (Å²) in [6.45, 7) is 0. The highest BCUT2D eigenvalue weighted by atomic mass is 16.5. The highest BCUT2D eigenvalue weighted by Gasteiger charge is 2.51. The van der Waals surface area contributed by atoms with E-state index in [2.05, 4.69) is 6.07 Å². The van der Waals surface area contributed by atoms with Gasteiger partial charge >= 0.3 is 5.97 Å². The standard InChI is InChI=1S/C10H13NO2/c1-13-10(12)9-7-3-2-6(4-7)8(9)5-11/h6-9H,2-4H2,1H3. The van der Waals surface area contributed by atoms with Gasteiger partial charge in [0.05, 0.1) is 25.0 Å². The van der Waals surface area contributed by atoms with Crippen molar-refractivity contribution in [2.45, 2.75) is 19.3 Å². The number of nitriles is 1. The van der Waals surface area contributed by atoms with Gasteiger partial charge in [0.15, 0.2) is 0 Å². The van der Waals surface area contributed by atoms with Crippen LogP contribution in [0.3, 0.4) is 0 Å². The predicted octanol–water partition coefficient (Wildman–Crippen LogP) is 1.35. The van der Waals surface area contributed by atoms with Gasteiger partial charge in [0.2, 0.25) is 0 Å². The Balaban J connectivity index is 2.19. The molecule has 0 spiro atoms. The van der Waals surface area contributed by atoms with Crippen molar-refractivity contribution in [1.82, 2.24) is 0 Å². The number of carbonyl (C=O) groups is 1. The van der Waals surface area contributed by atoms with Crippen molar-refractivity contribution in [2.75, 3.05) is 7.11 Å². The van der Waals surface area contributed by atoms with Gasteiger partial charge in [-0.15, -0.1) is 0 Å². The summed E-state index contributed by atoms with van der Waals surface area (Å²) < 4.78 is 4.73. The number of carbonyl (C=O) groups excluding carboxylic acids is 1. The lowest BCUT2D eigenvalue weighted by atomic mass is 9.80. The van der Waals surface area contributed by atoms with Crippen molar-refractivity contribution in [1.29, 1.82) is 5.26 Å². The molecule has 4 atom stereocenters. The van der Waals surface area contributed by atoms with Crippen LogP contribution in [0, 0.1) is 35.0 Å². The van der Waals surface area contributed by atoms with Gasteiger partial charge in [-0.25, -0.2) is 0 Å². The molecule has 70 valence electrons. The smallest absolute Gasteiger partial charge is 0.310 e. The van der Waals surface area contributed by atoms with E-state index in [9.17, 15) is 4.79 Å². The molecule has 0 radical (unpaired) electrons. The Kier molecular flexibility index (Phi) is 1.99. The van der Waals surface area contributed by atoms with Crippen LogP contribution >= 0.6 is 0 Å². The van der Waals surface area contributed by atoms with Crippen LogP contribution in [0.5, 0.6) is 0 Å². The SMILES string of the molecule is COC(=O)C1C2CCC(C2)C1C#N. The van der Waals surface area contributed by atoms with Crippen molar-refractivity contribution >= 4 is 5.97 Å². The molecule has 2 rings (SSSR count). The zero-order valence-electron chi connectivity index (χ0n) is 7.69. The van der Waals surface area contributed by atoms with Crippen molar-refractivity contribution in [3.63, 3.8) is 0 Å². The Morgan fingerprint density at radius 2 is 2.15 bits per heavy atom. The topological polar surface area (TPSA) is 50.1 Å². The minimum Gasteiger partial charge on any atom is -0.469 e. The third kappa shape index (κ3) is 1.13. The summed E-state index contributed by atoms with van der Waals surface area (Å²) in [5.41, 5.74) is 0. The molecule has 13 heavy (non-hydrogen) atoms. The summed E-state index contributed by atoms with van der Waals surface area (Å²) in [6, 6.07) is 2.26. The second-order valence-electron chi connectivity index (χ2n) is 4.04. The second-order valence-corrected chi connectivity index (χ2v) is 4.04. The highest BCUT2D eigenvalue weighted by Crippen LogP contribution is 2.52. The normalized spacial score (nSPS) is 41.5. The minimum atomic E-state index is -0.182. The first-order valence-electron chi connectivity index (χ1n) is 4.75. The summed E-state index contributed by atoms with van der Waals surface area (Å²) >= 11 is 0. The van der Waals surface area contributed by atoms with E-state index in [4.69, 9.17) is 10.00 Å². The van der Waals surface area contributed by atoms with Crippen molar-refractivity contribution < 1.29 is 9.53 Å². The molecule has 4 unspecified atom stereocenters. The third-order valence-corrected chi connectivity index (χ3v) is 3.54. The third-order valence-electron chi connectivity index (χ3n) is 3.54. The molecule has 0 N–H and O–H groups in total. The maximum absolute atomic E-state index is 11.4. The number of ether oxygens (including phenoxy) is 1. The Bertz CT molecular complexity index is 269. The summed E-state index contributed by atoms with van der Waals surface area (Å²) in [7, 11) is 1.41. The summed E-state index contributed by atoms with van der Waals surface area (Å²) in [4.78, 5) is 11.4. The van der Waals surface area contributed by atoms with Gasteiger partial charge in [-0.3, -0.25) is 4.79 Å². The molecule has 0 amide bonds. The minimum absolute atomic E-state index is 0.0776. The van der Waals surface area contributed by atoms with Crippen molar-refractivity contribution in [3.05, 3.63) is 0 Å². The summed E-state index contributed by atoms with van der Waals surface area (Å²) in [5, 5.41) is 8.95. The van der Waals surface area contributed by atoms with Crippen molar-refractivity contribution in [2.24, 2.45) is 23.7 Å². The number of rotatable bonds is 1. The van der Waals surface area contributed by atoms with E-state index >= 15 is 0 Å². The lowest BCUT2D eigenvalue weighted by Gasteiger charge is -2.23. The summed E-state index contributed by atoms with van der Waals surface area (Å²) in [5.74, 6) is 0.486. The monoisotopic (exact) mass is 179 g/mol. The fourth-order valence-corrected chi connectivity index (χ4v) is 2.95. The van der Waals surface area contributed by atoms with Crippen LogP contribution in [-0.2, 0) is 9.53 Å². The maximum atomic E-state index is 11.4. The van der Waals surface area contributed by atoms with Crippen LogP contribution in [0.2, 0.25) is 0 Å². The van der Waals surface area contributed by atoms with E-state index in [0.717, 1.165) is 19.3 Å². The first-order chi connectivity index (χ1) is 6.27. The molecular weight excluding hydrogens is 166 g/mol. The molecule has 0 aromatic heterocycles. The van der Waals surface area contributed by atoms with E-state index in [1.807, 2.05) is 0 Å². The Morgan fingerprint density at radius 3 is 2.77 bits per heavy atom. The first kappa shape index (κ1) is 8.55. The van der Waals surface area contributed by atoms with E-state index < -0.39 is 0 Å². The molecular formula is C10H13NO2. The predicted molar refractivity (Wildman–Crippen MR) is 45.4 cm³/mol.